The third-order valence-electron chi connectivity index (χ3n) is 10.9. The first-order chi connectivity index (χ1) is 32.5. The number of carbonyl (C=O) groups is 9. The molecule has 0 saturated carbocycles. The number of phenols is 1. The molecule has 1 aromatic rings. The molecule has 1 aromatic carbocycles. The lowest BCUT2D eigenvalue weighted by atomic mass is 10.0. The molecule has 1 rings (SSSR count). The van der Waals surface area contributed by atoms with Crippen molar-refractivity contribution >= 4 is 59.1 Å². The molecule has 0 aromatic heterocycles. The Bertz CT molecular complexity index is 1880. The van der Waals surface area contributed by atoms with Gasteiger partial charge in [0.2, 0.25) is 53.2 Å². The van der Waals surface area contributed by atoms with Gasteiger partial charge in [-0.3, -0.25) is 48.1 Å². The lowest BCUT2D eigenvalue weighted by Crippen LogP contribution is -2.60. The summed E-state index contributed by atoms with van der Waals surface area (Å²) in [7, 11) is 1.50. The molecule has 0 bridgehead atoms. The number of primary amides is 2. The Kier molecular flexibility index (Phi) is 28.2. The average Bonchev–Trinajstić information content (AvgIpc) is 3.28. The van der Waals surface area contributed by atoms with Gasteiger partial charge in [-0.25, -0.2) is 0 Å². The molecule has 21 N–H and O–H groups in total. The van der Waals surface area contributed by atoms with E-state index >= 15 is 0 Å². The van der Waals surface area contributed by atoms with E-state index in [1.54, 1.807) is 26.0 Å². The number of aliphatic imine (C=N–C) groups is 1. The Morgan fingerprint density at radius 3 is 1.45 bits per heavy atom. The summed E-state index contributed by atoms with van der Waals surface area (Å²) in [5.74, 6) is -7.27. The van der Waals surface area contributed by atoms with Crippen LogP contribution in [0.4, 0.5) is 0 Å². The molecule has 0 aliphatic heterocycles. The Morgan fingerprint density at radius 2 is 0.986 bits per heavy atom. The highest BCUT2D eigenvalue weighted by molar-refractivity contribution is 5.97. The summed E-state index contributed by atoms with van der Waals surface area (Å²) in [5.41, 5.74) is 33.5. The summed E-state index contributed by atoms with van der Waals surface area (Å²) in [6.45, 7) is 6.78. The summed E-state index contributed by atoms with van der Waals surface area (Å²) >= 11 is 0. The first-order valence-electron chi connectivity index (χ1n) is 23.2. The Morgan fingerprint density at radius 1 is 0.536 bits per heavy atom. The van der Waals surface area contributed by atoms with Gasteiger partial charge in [0, 0.05) is 19.4 Å². The fourth-order valence-electron chi connectivity index (χ4n) is 6.72. The highest BCUT2D eigenvalue weighted by atomic mass is 16.3. The number of rotatable bonds is 34. The number of carbonyl (C=O) groups excluding carboxylic acids is 9. The molecule has 69 heavy (non-hydrogen) atoms. The number of unbranched alkanes of at least 4 members (excludes halogenated alkanes) is 2. The average molecular weight is 976 g/mol. The minimum absolute atomic E-state index is 0.0271. The van der Waals surface area contributed by atoms with Gasteiger partial charge in [0.1, 0.15) is 48.0 Å². The molecule has 0 unspecified atom stereocenters. The van der Waals surface area contributed by atoms with Gasteiger partial charge in [-0.05, 0) is 115 Å². The van der Waals surface area contributed by atoms with Gasteiger partial charge >= 0.3 is 0 Å². The molecule has 0 heterocycles. The maximum absolute atomic E-state index is 14.2. The Hall–Kier alpha value is -6.60. The monoisotopic (exact) mass is 976 g/mol. The molecule has 0 aliphatic rings. The zero-order chi connectivity index (χ0) is 52.2. The van der Waals surface area contributed by atoms with E-state index in [4.69, 9.17) is 34.4 Å². The number of hydrogen-bond donors (Lipinski definition) is 15. The molecule has 0 spiro atoms. The van der Waals surface area contributed by atoms with Gasteiger partial charge in [-0.15, -0.1) is 0 Å². The number of aromatic hydroxyl groups is 1. The topological polar surface area (TPSA) is 439 Å². The number of nitrogens with one attached hydrogen (secondary N) is 8. The molecule has 0 aliphatic carbocycles. The van der Waals surface area contributed by atoms with Gasteiger partial charge in [0.05, 0.1) is 6.04 Å². The van der Waals surface area contributed by atoms with E-state index in [1.165, 1.54) is 33.0 Å². The third-order valence-corrected chi connectivity index (χ3v) is 10.9. The predicted octanol–water partition coefficient (Wildman–Crippen LogP) is -4.33. The molecule has 0 saturated heterocycles. The van der Waals surface area contributed by atoms with Gasteiger partial charge < -0.3 is 82.0 Å². The Balaban J connectivity index is 3.40. The normalized spacial score (nSPS) is 14.5. The number of amides is 9. The standard InChI is InChI=1S/C44H77N15O10/c1-24(2)35(43(69)57-31(12-7-9-21-46)39(65)53-25(3)36(48)62)59-37(63)26(4)54-40(66)30(11-6-8-20-45)55-41(67)32(13-10-22-52-44(49)50)56-42(68)33(23-27-14-16-28(60)17-15-27)58-38(64)29(51-5)18-19-34(47)61/h14-17,24-26,29-33,35,51,60H,6-13,18-23,45-46H2,1-5H3,(H2,47,61)(H2,48,62)(H,53,65)(H,54,66)(H,55,67)(H,56,68)(H,57,69)(H,58,64)(H,59,63)(H4,49,50,52)/t25-,26-,29-,30-,31-,32-,33-,35-/m0/s1. The molecule has 8 atom stereocenters. The van der Waals surface area contributed by atoms with Crippen LogP contribution in [0, 0.1) is 5.92 Å². The maximum Gasteiger partial charge on any atom is 0.243 e. The van der Waals surface area contributed by atoms with Gasteiger partial charge in [0.25, 0.3) is 0 Å². The molecular formula is C44H77N15O10. The maximum atomic E-state index is 14.2. The van der Waals surface area contributed by atoms with Crippen LogP contribution in [-0.2, 0) is 49.6 Å². The second-order valence-electron chi connectivity index (χ2n) is 17.1. The van der Waals surface area contributed by atoms with E-state index < -0.39 is 107 Å². The van der Waals surface area contributed by atoms with Crippen LogP contribution in [0.25, 0.3) is 0 Å². The Labute approximate surface area is 403 Å². The van der Waals surface area contributed by atoms with Gasteiger partial charge in [-0.2, -0.15) is 0 Å². The third kappa shape index (κ3) is 23.8. The van der Waals surface area contributed by atoms with Crippen LogP contribution in [-0.4, -0.2) is 139 Å². The van der Waals surface area contributed by atoms with Crippen LogP contribution in [0.15, 0.2) is 29.3 Å². The van der Waals surface area contributed by atoms with E-state index in [9.17, 15) is 48.3 Å². The molecule has 0 fully saturated rings. The predicted molar refractivity (Wildman–Crippen MR) is 258 cm³/mol. The number of nitrogens with two attached hydrogens (primary N) is 6. The van der Waals surface area contributed by atoms with Crippen molar-refractivity contribution in [2.24, 2.45) is 45.3 Å². The summed E-state index contributed by atoms with van der Waals surface area (Å²) < 4.78 is 0. The summed E-state index contributed by atoms with van der Waals surface area (Å²) in [5, 5.41) is 31.0. The van der Waals surface area contributed by atoms with Gasteiger partial charge in [0.15, 0.2) is 5.96 Å². The summed E-state index contributed by atoms with van der Waals surface area (Å²) in [6, 6.07) is -3.44. The number of hydrogen-bond acceptors (Lipinski definition) is 14. The van der Waals surface area contributed by atoms with Crippen molar-refractivity contribution in [2.75, 3.05) is 26.7 Å². The van der Waals surface area contributed by atoms with E-state index in [1.807, 2.05) is 0 Å². The zero-order valence-electron chi connectivity index (χ0n) is 40.4. The highest BCUT2D eigenvalue weighted by Gasteiger charge is 2.34. The van der Waals surface area contributed by atoms with E-state index in [2.05, 4.69) is 47.5 Å². The van der Waals surface area contributed by atoms with Crippen molar-refractivity contribution < 1.29 is 48.3 Å². The van der Waals surface area contributed by atoms with Gasteiger partial charge in [-0.1, -0.05) is 26.0 Å². The fraction of sp³-hybridized carbons (Fsp3) is 0.636. The largest absolute Gasteiger partial charge is 0.508 e. The quantitative estimate of drug-likeness (QED) is 0.0176. The van der Waals surface area contributed by atoms with E-state index in [0.717, 1.165) is 0 Å². The van der Waals surface area contributed by atoms with Crippen molar-refractivity contribution in [3.05, 3.63) is 29.8 Å². The number of benzene rings is 1. The highest BCUT2D eigenvalue weighted by Crippen LogP contribution is 2.14. The summed E-state index contributed by atoms with van der Waals surface area (Å²) in [4.78, 5) is 123. The van der Waals surface area contributed by atoms with Crippen molar-refractivity contribution in [1.82, 2.24) is 42.5 Å². The van der Waals surface area contributed by atoms with Crippen LogP contribution in [0.3, 0.4) is 0 Å². The minimum atomic E-state index is -1.32. The van der Waals surface area contributed by atoms with Crippen LogP contribution < -0.4 is 76.9 Å². The second-order valence-corrected chi connectivity index (χ2v) is 17.1. The van der Waals surface area contributed by atoms with Crippen molar-refractivity contribution in [3.63, 3.8) is 0 Å². The molecular weight excluding hydrogens is 899 g/mol. The van der Waals surface area contributed by atoms with Crippen LogP contribution in [0.5, 0.6) is 5.75 Å². The SMILES string of the molecule is CN[C@@H](CCC(N)=O)C(=O)N[C@@H](Cc1ccc(O)cc1)C(=O)N[C@@H](CCCN=C(N)N)C(=O)N[C@@H](CCCCN)C(=O)N[C@@H](C)C(=O)N[C@H](C(=O)N[C@@H](CCCCN)C(=O)N[C@@H](C)C(N)=O)C(C)C. The van der Waals surface area contributed by atoms with Crippen molar-refractivity contribution in [2.45, 2.75) is 147 Å². The first-order valence-corrected chi connectivity index (χ1v) is 23.2. The van der Waals surface area contributed by atoms with Crippen molar-refractivity contribution in [1.29, 1.82) is 0 Å². The van der Waals surface area contributed by atoms with Crippen LogP contribution in [0.2, 0.25) is 0 Å². The first kappa shape index (κ1) is 60.4. The van der Waals surface area contributed by atoms with E-state index in [-0.39, 0.29) is 69.7 Å². The lowest BCUT2D eigenvalue weighted by Gasteiger charge is -2.28. The number of nitrogens with zero attached hydrogens (tertiary/aromatic N) is 1. The molecule has 25 nitrogen and oxygen atoms in total. The fourth-order valence-corrected chi connectivity index (χ4v) is 6.72. The molecule has 388 valence electrons. The second kappa shape index (κ2) is 32.2. The molecule has 25 heteroatoms. The van der Waals surface area contributed by atoms with Crippen molar-refractivity contribution in [3.8, 4) is 5.75 Å². The number of guanidine groups is 1. The summed E-state index contributed by atoms with van der Waals surface area (Å²) in [6.07, 6.45) is 2.05. The lowest BCUT2D eigenvalue weighted by molar-refractivity contribution is -0.136. The number of likely N-dealkylation sites (N-methyl/N-ethyl adjacent to an activating group) is 1. The van der Waals surface area contributed by atoms with Crippen LogP contribution in [0.1, 0.15) is 97.5 Å². The zero-order valence-corrected chi connectivity index (χ0v) is 40.4. The molecule has 9 amide bonds. The smallest absolute Gasteiger partial charge is 0.243 e. The minimum Gasteiger partial charge on any atom is -0.508 e. The van der Waals surface area contributed by atoms with E-state index in [0.29, 0.717) is 37.8 Å². The number of phenolic OH excluding ortho intramolecular Hbond substituents is 1. The van der Waals surface area contributed by atoms with Crippen LogP contribution >= 0.6 is 0 Å². The molecule has 0 radical (unpaired) electrons.